The van der Waals surface area contributed by atoms with Crippen molar-refractivity contribution in [3.05, 3.63) is 0 Å². The van der Waals surface area contributed by atoms with Crippen LogP contribution in [0.15, 0.2) is 0 Å². The number of hydrogen-bond acceptors (Lipinski definition) is 5. The van der Waals surface area contributed by atoms with Gasteiger partial charge in [-0.05, 0) is 20.3 Å². The minimum Gasteiger partial charge on any atom is -0.349 e. The van der Waals surface area contributed by atoms with Crippen LogP contribution in [0.1, 0.15) is 33.6 Å². The SMILES string of the molecule is CC[C@H]1CC(=O)[C@H]2OC(C)(C)OC[C@@]2(OC)O1. The Morgan fingerprint density at radius 1 is 1.41 bits per heavy atom. The third-order valence-corrected chi connectivity index (χ3v) is 3.31. The minimum atomic E-state index is -1.08. The smallest absolute Gasteiger partial charge is 0.226 e. The molecule has 0 bridgehead atoms. The quantitative estimate of drug-likeness (QED) is 0.731. The summed E-state index contributed by atoms with van der Waals surface area (Å²) >= 11 is 0. The lowest BCUT2D eigenvalue weighted by Gasteiger charge is -2.50. The molecule has 2 rings (SSSR count). The van der Waals surface area contributed by atoms with Crippen molar-refractivity contribution in [2.24, 2.45) is 0 Å². The van der Waals surface area contributed by atoms with E-state index in [0.29, 0.717) is 6.42 Å². The molecule has 0 N–H and O–H groups in total. The van der Waals surface area contributed by atoms with Gasteiger partial charge in [0.05, 0.1) is 6.10 Å². The number of hydrogen-bond donors (Lipinski definition) is 0. The summed E-state index contributed by atoms with van der Waals surface area (Å²) in [6.45, 7) is 5.76. The molecule has 3 atom stereocenters. The maximum atomic E-state index is 12.1. The zero-order valence-electron chi connectivity index (χ0n) is 10.8. The molecule has 98 valence electrons. The van der Waals surface area contributed by atoms with Crippen molar-refractivity contribution in [1.29, 1.82) is 0 Å². The van der Waals surface area contributed by atoms with E-state index in [0.717, 1.165) is 6.42 Å². The Morgan fingerprint density at radius 2 is 2.12 bits per heavy atom. The molecule has 5 nitrogen and oxygen atoms in total. The van der Waals surface area contributed by atoms with E-state index in [-0.39, 0.29) is 18.5 Å². The summed E-state index contributed by atoms with van der Waals surface area (Å²) in [7, 11) is 1.52. The number of ether oxygens (including phenoxy) is 4. The zero-order chi connectivity index (χ0) is 12.7. The van der Waals surface area contributed by atoms with E-state index in [4.69, 9.17) is 18.9 Å². The molecule has 0 aliphatic carbocycles. The molecule has 5 heteroatoms. The van der Waals surface area contributed by atoms with E-state index < -0.39 is 17.7 Å². The van der Waals surface area contributed by atoms with Crippen LogP contribution in [0.4, 0.5) is 0 Å². The first-order valence-electron chi connectivity index (χ1n) is 6.00. The molecule has 0 radical (unpaired) electrons. The van der Waals surface area contributed by atoms with Gasteiger partial charge >= 0.3 is 0 Å². The predicted molar refractivity (Wildman–Crippen MR) is 59.4 cm³/mol. The van der Waals surface area contributed by atoms with Crippen molar-refractivity contribution in [1.82, 2.24) is 0 Å². The van der Waals surface area contributed by atoms with Gasteiger partial charge in [0.15, 0.2) is 17.7 Å². The second-order valence-corrected chi connectivity index (χ2v) is 5.02. The molecule has 0 saturated carbocycles. The number of carbonyl (C=O) groups excluding carboxylic acids is 1. The average molecular weight is 244 g/mol. The Kier molecular flexibility index (Phi) is 3.29. The number of methoxy groups -OCH3 is 1. The second-order valence-electron chi connectivity index (χ2n) is 5.02. The molecule has 2 fully saturated rings. The number of ketones is 1. The van der Waals surface area contributed by atoms with Gasteiger partial charge in [-0.25, -0.2) is 0 Å². The number of carbonyl (C=O) groups is 1. The van der Waals surface area contributed by atoms with E-state index in [1.807, 2.05) is 6.92 Å². The highest BCUT2D eigenvalue weighted by Gasteiger charge is 2.56. The summed E-state index contributed by atoms with van der Waals surface area (Å²) in [6, 6.07) is 0. The van der Waals surface area contributed by atoms with E-state index in [1.165, 1.54) is 7.11 Å². The van der Waals surface area contributed by atoms with Gasteiger partial charge in [-0.1, -0.05) is 6.92 Å². The second kappa shape index (κ2) is 4.31. The first-order valence-corrected chi connectivity index (χ1v) is 6.00. The van der Waals surface area contributed by atoms with Crippen molar-refractivity contribution in [3.63, 3.8) is 0 Å². The summed E-state index contributed by atoms with van der Waals surface area (Å²) in [6.07, 6.45) is 0.334. The average Bonchev–Trinajstić information content (AvgIpc) is 2.29. The fraction of sp³-hybridized carbons (Fsp3) is 0.917. The largest absolute Gasteiger partial charge is 0.349 e. The maximum Gasteiger partial charge on any atom is 0.226 e. The van der Waals surface area contributed by atoms with E-state index >= 15 is 0 Å². The van der Waals surface area contributed by atoms with Crippen LogP contribution < -0.4 is 0 Å². The molecular weight excluding hydrogens is 224 g/mol. The van der Waals surface area contributed by atoms with Crippen LogP contribution >= 0.6 is 0 Å². The lowest BCUT2D eigenvalue weighted by molar-refractivity contribution is -0.406. The first-order chi connectivity index (χ1) is 7.92. The molecule has 0 amide bonds. The van der Waals surface area contributed by atoms with Crippen LogP contribution in [0.2, 0.25) is 0 Å². The van der Waals surface area contributed by atoms with Crippen LogP contribution in [0.5, 0.6) is 0 Å². The number of fused-ring (bicyclic) bond motifs is 1. The van der Waals surface area contributed by atoms with Crippen LogP contribution in [-0.2, 0) is 23.7 Å². The van der Waals surface area contributed by atoms with E-state index in [2.05, 4.69) is 0 Å². The molecule has 2 saturated heterocycles. The monoisotopic (exact) mass is 244 g/mol. The number of rotatable bonds is 2. The molecule has 2 aliphatic heterocycles. The lowest BCUT2D eigenvalue weighted by Crippen LogP contribution is -2.66. The highest BCUT2D eigenvalue weighted by molar-refractivity contribution is 5.85. The summed E-state index contributed by atoms with van der Waals surface area (Å²) in [5, 5.41) is 0. The Hall–Kier alpha value is -0.490. The Balaban J connectivity index is 2.25. The number of Topliss-reactive ketones (excluding diaryl/α,β-unsaturated/α-hetero) is 1. The van der Waals surface area contributed by atoms with Gasteiger partial charge in [-0.2, -0.15) is 0 Å². The molecule has 0 aromatic heterocycles. The van der Waals surface area contributed by atoms with Gasteiger partial charge in [0.2, 0.25) is 5.79 Å². The van der Waals surface area contributed by atoms with Gasteiger partial charge in [-0.15, -0.1) is 0 Å². The van der Waals surface area contributed by atoms with Crippen molar-refractivity contribution in [2.45, 2.75) is 57.4 Å². The van der Waals surface area contributed by atoms with Crippen molar-refractivity contribution in [2.75, 3.05) is 13.7 Å². The molecule has 17 heavy (non-hydrogen) atoms. The summed E-state index contributed by atoms with van der Waals surface area (Å²) in [5.41, 5.74) is 0. The zero-order valence-corrected chi connectivity index (χ0v) is 10.8. The normalized spacial score (nSPS) is 41.1. The standard InChI is InChI=1S/C12H20O5/c1-5-8-6-9(13)10-12(14-4,16-8)7-15-11(2,3)17-10/h8,10H,5-7H2,1-4H3/t8-,10+,12+/m0/s1. The molecule has 0 aromatic rings. The van der Waals surface area contributed by atoms with Gasteiger partial charge in [-0.3, -0.25) is 4.79 Å². The van der Waals surface area contributed by atoms with Crippen molar-refractivity contribution < 1.29 is 23.7 Å². The fourth-order valence-corrected chi connectivity index (χ4v) is 2.26. The van der Waals surface area contributed by atoms with Gasteiger partial charge in [0.1, 0.15) is 6.61 Å². The molecule has 0 spiro atoms. The highest BCUT2D eigenvalue weighted by Crippen LogP contribution is 2.38. The summed E-state index contributed by atoms with van der Waals surface area (Å²) < 4.78 is 22.4. The molecule has 2 heterocycles. The van der Waals surface area contributed by atoms with Crippen molar-refractivity contribution >= 4 is 5.78 Å². The highest BCUT2D eigenvalue weighted by atomic mass is 16.8. The fourth-order valence-electron chi connectivity index (χ4n) is 2.26. The van der Waals surface area contributed by atoms with Gasteiger partial charge in [0.25, 0.3) is 0 Å². The van der Waals surface area contributed by atoms with Crippen LogP contribution in [0.3, 0.4) is 0 Å². The van der Waals surface area contributed by atoms with Crippen LogP contribution in [0, 0.1) is 0 Å². The Morgan fingerprint density at radius 3 is 2.71 bits per heavy atom. The van der Waals surface area contributed by atoms with E-state index in [9.17, 15) is 4.79 Å². The molecular formula is C12H20O5. The Labute approximate surface area is 101 Å². The van der Waals surface area contributed by atoms with Crippen molar-refractivity contribution in [3.8, 4) is 0 Å². The Bertz CT molecular complexity index is 314. The topological polar surface area (TPSA) is 54.0 Å². The van der Waals surface area contributed by atoms with Crippen LogP contribution in [0.25, 0.3) is 0 Å². The summed E-state index contributed by atoms with van der Waals surface area (Å²) in [5.74, 6) is -1.82. The first kappa shape index (κ1) is 13.0. The van der Waals surface area contributed by atoms with Gasteiger partial charge in [0, 0.05) is 13.5 Å². The third-order valence-electron chi connectivity index (χ3n) is 3.31. The maximum absolute atomic E-state index is 12.1. The van der Waals surface area contributed by atoms with E-state index in [1.54, 1.807) is 13.8 Å². The van der Waals surface area contributed by atoms with Gasteiger partial charge < -0.3 is 18.9 Å². The van der Waals surface area contributed by atoms with Crippen LogP contribution in [-0.4, -0.2) is 43.3 Å². The molecule has 0 aromatic carbocycles. The third kappa shape index (κ3) is 2.25. The predicted octanol–water partition coefficient (Wildman–Crippen LogP) is 1.25. The molecule has 0 unspecified atom stereocenters. The summed E-state index contributed by atoms with van der Waals surface area (Å²) in [4.78, 5) is 12.1. The minimum absolute atomic E-state index is 0.0290. The lowest BCUT2D eigenvalue weighted by atomic mass is 9.94. The molecule has 2 aliphatic rings.